The lowest BCUT2D eigenvalue weighted by Crippen LogP contribution is -2.28. The van der Waals surface area contributed by atoms with Crippen molar-refractivity contribution in [1.29, 1.82) is 0 Å². The van der Waals surface area contributed by atoms with Crippen LogP contribution in [-0.2, 0) is 19.1 Å². The Hall–Kier alpha value is -2.18. The van der Waals surface area contributed by atoms with Crippen LogP contribution in [-0.4, -0.2) is 47.6 Å². The highest BCUT2D eigenvalue weighted by Crippen LogP contribution is 2.15. The Balaban J connectivity index is 3.70. The molecule has 0 saturated heterocycles. The van der Waals surface area contributed by atoms with E-state index in [-0.39, 0.29) is 31.3 Å². The number of carbonyl (C=O) groups is 2. The second-order valence-electron chi connectivity index (χ2n) is 13.3. The molecule has 272 valence electrons. The molecule has 0 aliphatic heterocycles. The van der Waals surface area contributed by atoms with Crippen molar-refractivity contribution < 1.29 is 29.3 Å². The minimum atomic E-state index is -0.803. The zero-order valence-corrected chi connectivity index (χ0v) is 30.6. The van der Waals surface area contributed by atoms with Crippen LogP contribution in [0.3, 0.4) is 0 Å². The maximum absolute atomic E-state index is 12.1. The fourth-order valence-corrected chi connectivity index (χ4v) is 5.16. The fraction of sp³-hybridized carbons (Fsp3) is 0.756. The summed E-state index contributed by atoms with van der Waals surface area (Å²) in [5.41, 5.74) is 0. The molecule has 0 rings (SSSR count). The van der Waals surface area contributed by atoms with Gasteiger partial charge >= 0.3 is 11.9 Å². The van der Waals surface area contributed by atoms with Crippen LogP contribution in [0, 0.1) is 5.92 Å². The molecule has 0 spiro atoms. The van der Waals surface area contributed by atoms with Gasteiger partial charge in [-0.05, 0) is 50.9 Å². The number of ether oxygens (including phenoxy) is 2. The Morgan fingerprint density at radius 2 is 1.13 bits per heavy atom. The van der Waals surface area contributed by atoms with E-state index in [0.29, 0.717) is 19.3 Å². The number of rotatable bonds is 33. The van der Waals surface area contributed by atoms with Crippen molar-refractivity contribution in [2.45, 2.75) is 181 Å². The molecule has 0 unspecified atom stereocenters. The molecule has 0 aliphatic carbocycles. The molecule has 0 aromatic rings. The van der Waals surface area contributed by atoms with Crippen molar-refractivity contribution in [2.24, 2.45) is 5.92 Å². The van der Waals surface area contributed by atoms with E-state index in [0.717, 1.165) is 70.1 Å². The van der Waals surface area contributed by atoms with Gasteiger partial charge in [0.2, 0.25) is 0 Å². The second kappa shape index (κ2) is 35.1. The molecule has 6 heteroatoms. The van der Waals surface area contributed by atoms with Crippen molar-refractivity contribution in [1.82, 2.24) is 0 Å². The van der Waals surface area contributed by atoms with E-state index >= 15 is 0 Å². The summed E-state index contributed by atoms with van der Waals surface area (Å²) in [5, 5.41) is 19.3. The third kappa shape index (κ3) is 35.0. The van der Waals surface area contributed by atoms with E-state index < -0.39 is 6.10 Å². The van der Waals surface area contributed by atoms with Gasteiger partial charge in [0.25, 0.3) is 0 Å². The zero-order valence-electron chi connectivity index (χ0n) is 30.6. The van der Waals surface area contributed by atoms with Crippen molar-refractivity contribution in [3.8, 4) is 0 Å². The normalized spacial score (nSPS) is 13.5. The van der Waals surface area contributed by atoms with E-state index in [9.17, 15) is 19.8 Å². The molecule has 6 nitrogen and oxygen atoms in total. The Morgan fingerprint density at radius 3 is 1.68 bits per heavy atom. The van der Waals surface area contributed by atoms with Crippen molar-refractivity contribution in [3.05, 3.63) is 48.6 Å². The number of aliphatic hydroxyl groups is 2. The van der Waals surface area contributed by atoms with Gasteiger partial charge in [0, 0.05) is 12.8 Å². The van der Waals surface area contributed by atoms with E-state index in [1.807, 2.05) is 12.2 Å². The van der Waals surface area contributed by atoms with Crippen molar-refractivity contribution in [2.75, 3.05) is 13.2 Å². The molecule has 2 atom stereocenters. The summed E-state index contributed by atoms with van der Waals surface area (Å²) in [6.07, 6.45) is 39.4. The number of aliphatic hydroxyl groups excluding tert-OH is 2. The number of carbonyl (C=O) groups excluding carboxylic acids is 2. The maximum atomic E-state index is 12.1. The van der Waals surface area contributed by atoms with Gasteiger partial charge in [0.1, 0.15) is 6.61 Å². The van der Waals surface area contributed by atoms with Crippen LogP contribution < -0.4 is 0 Å². The average Bonchev–Trinajstić information content (AvgIpc) is 3.05. The van der Waals surface area contributed by atoms with Crippen molar-refractivity contribution in [3.63, 3.8) is 0 Å². The number of allylic oxidation sites excluding steroid dienone is 7. The molecule has 0 amide bonds. The van der Waals surface area contributed by atoms with Crippen LogP contribution in [0.1, 0.15) is 168 Å². The van der Waals surface area contributed by atoms with Crippen LogP contribution in [0.5, 0.6) is 0 Å². The first-order valence-corrected chi connectivity index (χ1v) is 19.1. The van der Waals surface area contributed by atoms with Gasteiger partial charge < -0.3 is 19.7 Å². The van der Waals surface area contributed by atoms with Crippen molar-refractivity contribution >= 4 is 11.9 Å². The van der Waals surface area contributed by atoms with E-state index in [4.69, 9.17) is 9.47 Å². The maximum Gasteiger partial charge on any atom is 0.306 e. The van der Waals surface area contributed by atoms with E-state index in [1.165, 1.54) is 64.2 Å². The number of hydrogen-bond donors (Lipinski definition) is 2. The minimum Gasteiger partial charge on any atom is -0.462 e. The third-order valence-electron chi connectivity index (χ3n) is 8.12. The zero-order chi connectivity index (χ0) is 34.6. The summed E-state index contributed by atoms with van der Waals surface area (Å²) in [5.74, 6) is 0.153. The SMILES string of the molecule is CCCC[C@H](O)/C=C\C/C=C\C/C=C\C/C=C\CCCC(=O)OC[C@H](CO)OC(=O)CCCCCCCCCCCCCCC(C)C. The van der Waals surface area contributed by atoms with Gasteiger partial charge in [-0.2, -0.15) is 0 Å². The summed E-state index contributed by atoms with van der Waals surface area (Å²) >= 11 is 0. The van der Waals surface area contributed by atoms with Crippen LogP contribution >= 0.6 is 0 Å². The minimum absolute atomic E-state index is 0.106. The molecule has 0 aromatic carbocycles. The van der Waals surface area contributed by atoms with Gasteiger partial charge in [-0.15, -0.1) is 0 Å². The summed E-state index contributed by atoms with van der Waals surface area (Å²) < 4.78 is 10.5. The lowest BCUT2D eigenvalue weighted by atomic mass is 10.0. The van der Waals surface area contributed by atoms with Gasteiger partial charge in [0.05, 0.1) is 12.7 Å². The fourth-order valence-electron chi connectivity index (χ4n) is 5.16. The van der Waals surface area contributed by atoms with Crippen LogP contribution in [0.15, 0.2) is 48.6 Å². The molecule has 0 radical (unpaired) electrons. The number of esters is 2. The molecule has 2 N–H and O–H groups in total. The Kier molecular flexibility index (Phi) is 33.5. The lowest BCUT2D eigenvalue weighted by molar-refractivity contribution is -0.161. The summed E-state index contributed by atoms with van der Waals surface area (Å²) in [6, 6.07) is 0. The standard InChI is InChI=1S/C41H72O6/c1-4-5-31-38(43)32-27-23-19-15-11-7-9-12-16-20-24-28-33-40(44)46-36-39(35-42)47-41(45)34-29-25-21-17-13-8-6-10-14-18-22-26-30-37(2)3/h7,9,15-16,19-20,27,32,37-39,42-43H,4-6,8,10-14,17-18,21-26,28-31,33-36H2,1-3H3/b9-7-,19-15-,20-16-,32-27-/t38-,39-/m0/s1. The molecule has 47 heavy (non-hydrogen) atoms. The molecule has 0 saturated carbocycles. The highest BCUT2D eigenvalue weighted by molar-refractivity contribution is 5.70. The molecule has 0 fully saturated rings. The topological polar surface area (TPSA) is 93.1 Å². The average molecular weight is 661 g/mol. The first-order chi connectivity index (χ1) is 22.9. The van der Waals surface area contributed by atoms with Crippen LogP contribution in [0.25, 0.3) is 0 Å². The monoisotopic (exact) mass is 661 g/mol. The second-order valence-corrected chi connectivity index (χ2v) is 13.3. The Bertz CT molecular complexity index is 828. The molecule has 0 heterocycles. The quantitative estimate of drug-likeness (QED) is 0.0413. The third-order valence-corrected chi connectivity index (χ3v) is 8.12. The summed E-state index contributed by atoms with van der Waals surface area (Å²) in [6.45, 7) is 6.27. The molecule has 0 bridgehead atoms. The Labute approximate surface area is 289 Å². The summed E-state index contributed by atoms with van der Waals surface area (Å²) in [7, 11) is 0. The van der Waals surface area contributed by atoms with Crippen LogP contribution in [0.4, 0.5) is 0 Å². The molecule has 0 aromatic heterocycles. The highest BCUT2D eigenvalue weighted by Gasteiger charge is 2.16. The molecular weight excluding hydrogens is 588 g/mol. The molecule has 0 aliphatic rings. The highest BCUT2D eigenvalue weighted by atomic mass is 16.6. The van der Waals surface area contributed by atoms with E-state index in [1.54, 1.807) is 0 Å². The van der Waals surface area contributed by atoms with Crippen LogP contribution in [0.2, 0.25) is 0 Å². The van der Waals surface area contributed by atoms with Gasteiger partial charge in [0.15, 0.2) is 6.10 Å². The number of hydrogen-bond acceptors (Lipinski definition) is 6. The lowest BCUT2D eigenvalue weighted by Gasteiger charge is -2.15. The predicted octanol–water partition coefficient (Wildman–Crippen LogP) is 10.7. The van der Waals surface area contributed by atoms with E-state index in [2.05, 4.69) is 57.2 Å². The first-order valence-electron chi connectivity index (χ1n) is 19.1. The first kappa shape index (κ1) is 44.8. The van der Waals surface area contributed by atoms with Gasteiger partial charge in [-0.25, -0.2) is 0 Å². The number of unbranched alkanes of at least 4 members (excludes halogenated alkanes) is 13. The summed E-state index contributed by atoms with van der Waals surface area (Å²) in [4.78, 5) is 24.2. The molecular formula is C41H72O6. The Morgan fingerprint density at radius 1 is 0.617 bits per heavy atom. The smallest absolute Gasteiger partial charge is 0.306 e. The largest absolute Gasteiger partial charge is 0.462 e. The van der Waals surface area contributed by atoms with Gasteiger partial charge in [-0.3, -0.25) is 9.59 Å². The van der Waals surface area contributed by atoms with Gasteiger partial charge in [-0.1, -0.05) is 159 Å². The predicted molar refractivity (Wildman–Crippen MR) is 197 cm³/mol.